The Hall–Kier alpha value is -2.80. The van der Waals surface area contributed by atoms with Crippen LogP contribution < -0.4 is 14.4 Å². The van der Waals surface area contributed by atoms with E-state index in [2.05, 4.69) is 9.88 Å². The fourth-order valence-corrected chi connectivity index (χ4v) is 3.04. The second-order valence-electron chi connectivity index (χ2n) is 6.36. The molecular formula is C20H25N3O4. The number of methoxy groups -OCH3 is 2. The maximum Gasteiger partial charge on any atom is 0.255 e. The van der Waals surface area contributed by atoms with Gasteiger partial charge in [-0.05, 0) is 29.8 Å². The molecule has 27 heavy (non-hydrogen) atoms. The minimum atomic E-state index is -0.0780. The summed E-state index contributed by atoms with van der Waals surface area (Å²) in [6, 6.07) is 9.35. The fourth-order valence-electron chi connectivity index (χ4n) is 3.04. The number of morpholine rings is 1. The third-order valence-corrected chi connectivity index (χ3v) is 4.54. The molecule has 3 rings (SSSR count). The van der Waals surface area contributed by atoms with Crippen LogP contribution in [0.2, 0.25) is 0 Å². The molecule has 1 fully saturated rings. The number of hydrogen-bond donors (Lipinski definition) is 0. The third kappa shape index (κ3) is 4.49. The summed E-state index contributed by atoms with van der Waals surface area (Å²) in [5.41, 5.74) is 1.52. The van der Waals surface area contributed by atoms with Crippen LogP contribution in [0.4, 0.5) is 5.82 Å². The van der Waals surface area contributed by atoms with E-state index in [9.17, 15) is 4.79 Å². The van der Waals surface area contributed by atoms with Gasteiger partial charge in [0.1, 0.15) is 5.82 Å². The molecule has 2 heterocycles. The van der Waals surface area contributed by atoms with Crippen LogP contribution in [-0.4, -0.2) is 63.4 Å². The SMILES string of the molecule is COc1ccc(CN(C)C(=O)c2ccc(N3CCOCC3)nc2)cc1OC. The van der Waals surface area contributed by atoms with E-state index in [-0.39, 0.29) is 5.91 Å². The number of nitrogens with zero attached hydrogens (tertiary/aromatic N) is 3. The van der Waals surface area contributed by atoms with Crippen LogP contribution in [0.25, 0.3) is 0 Å². The fraction of sp³-hybridized carbons (Fsp3) is 0.400. The number of aromatic nitrogens is 1. The van der Waals surface area contributed by atoms with Crippen LogP contribution in [0.3, 0.4) is 0 Å². The van der Waals surface area contributed by atoms with E-state index in [1.54, 1.807) is 32.4 Å². The molecule has 1 aliphatic rings. The third-order valence-electron chi connectivity index (χ3n) is 4.54. The lowest BCUT2D eigenvalue weighted by molar-refractivity contribution is 0.0784. The molecule has 0 saturated carbocycles. The summed E-state index contributed by atoms with van der Waals surface area (Å²) in [5.74, 6) is 2.11. The van der Waals surface area contributed by atoms with Crippen molar-refractivity contribution in [2.45, 2.75) is 6.54 Å². The van der Waals surface area contributed by atoms with E-state index in [1.807, 2.05) is 30.3 Å². The number of ether oxygens (including phenoxy) is 3. The molecule has 1 aromatic carbocycles. The van der Waals surface area contributed by atoms with Crippen LogP contribution in [-0.2, 0) is 11.3 Å². The number of pyridine rings is 1. The van der Waals surface area contributed by atoms with Gasteiger partial charge in [-0.25, -0.2) is 4.98 Å². The van der Waals surface area contributed by atoms with Crippen LogP contribution in [0.5, 0.6) is 11.5 Å². The first-order valence-corrected chi connectivity index (χ1v) is 8.87. The van der Waals surface area contributed by atoms with E-state index in [0.29, 0.717) is 36.8 Å². The van der Waals surface area contributed by atoms with Gasteiger partial charge in [-0.3, -0.25) is 4.79 Å². The quantitative estimate of drug-likeness (QED) is 0.776. The summed E-state index contributed by atoms with van der Waals surface area (Å²) < 4.78 is 15.9. The highest BCUT2D eigenvalue weighted by Gasteiger charge is 2.16. The molecule has 1 amide bonds. The first-order chi connectivity index (χ1) is 13.1. The van der Waals surface area contributed by atoms with Gasteiger partial charge in [-0.15, -0.1) is 0 Å². The second kappa shape index (κ2) is 8.73. The Morgan fingerprint density at radius 1 is 1.15 bits per heavy atom. The Morgan fingerprint density at radius 3 is 2.52 bits per heavy atom. The van der Waals surface area contributed by atoms with Gasteiger partial charge in [0.05, 0.1) is 33.0 Å². The van der Waals surface area contributed by atoms with Crippen LogP contribution in [0, 0.1) is 0 Å². The molecule has 0 unspecified atom stereocenters. The van der Waals surface area contributed by atoms with Crippen molar-refractivity contribution in [2.75, 3.05) is 52.5 Å². The highest BCUT2D eigenvalue weighted by molar-refractivity contribution is 5.93. The van der Waals surface area contributed by atoms with Crippen molar-refractivity contribution in [3.8, 4) is 11.5 Å². The minimum Gasteiger partial charge on any atom is -0.493 e. The van der Waals surface area contributed by atoms with E-state index in [1.165, 1.54) is 0 Å². The van der Waals surface area contributed by atoms with Crippen molar-refractivity contribution in [1.29, 1.82) is 0 Å². The van der Waals surface area contributed by atoms with Crippen molar-refractivity contribution in [3.63, 3.8) is 0 Å². The molecule has 0 radical (unpaired) electrons. The van der Waals surface area contributed by atoms with Gasteiger partial charge in [-0.2, -0.15) is 0 Å². The van der Waals surface area contributed by atoms with Gasteiger partial charge in [0, 0.05) is 32.9 Å². The number of rotatable bonds is 6. The van der Waals surface area contributed by atoms with Gasteiger partial charge in [0.2, 0.25) is 0 Å². The Kier molecular flexibility index (Phi) is 6.13. The Labute approximate surface area is 159 Å². The summed E-state index contributed by atoms with van der Waals surface area (Å²) in [4.78, 5) is 21.0. The number of amides is 1. The molecule has 1 aliphatic heterocycles. The largest absolute Gasteiger partial charge is 0.493 e. The molecule has 144 valence electrons. The highest BCUT2D eigenvalue weighted by Crippen LogP contribution is 2.28. The summed E-state index contributed by atoms with van der Waals surface area (Å²) in [5, 5.41) is 0. The molecular weight excluding hydrogens is 346 g/mol. The maximum atomic E-state index is 12.7. The average molecular weight is 371 g/mol. The lowest BCUT2D eigenvalue weighted by Gasteiger charge is -2.27. The van der Waals surface area contributed by atoms with E-state index >= 15 is 0 Å². The zero-order valence-corrected chi connectivity index (χ0v) is 16.0. The molecule has 2 aromatic rings. The Bertz CT molecular complexity index is 773. The van der Waals surface area contributed by atoms with Crippen molar-refractivity contribution in [2.24, 2.45) is 0 Å². The van der Waals surface area contributed by atoms with Crippen molar-refractivity contribution >= 4 is 11.7 Å². The van der Waals surface area contributed by atoms with Crippen molar-refractivity contribution in [1.82, 2.24) is 9.88 Å². The Balaban J connectivity index is 1.66. The zero-order valence-electron chi connectivity index (χ0n) is 16.0. The van der Waals surface area contributed by atoms with Crippen molar-refractivity contribution in [3.05, 3.63) is 47.7 Å². The zero-order chi connectivity index (χ0) is 19.2. The highest BCUT2D eigenvalue weighted by atomic mass is 16.5. The number of carbonyl (C=O) groups is 1. The van der Waals surface area contributed by atoms with Crippen LogP contribution in [0.15, 0.2) is 36.5 Å². The minimum absolute atomic E-state index is 0.0780. The lowest BCUT2D eigenvalue weighted by Crippen LogP contribution is -2.36. The van der Waals surface area contributed by atoms with Gasteiger partial charge in [0.25, 0.3) is 5.91 Å². The van der Waals surface area contributed by atoms with Gasteiger partial charge in [-0.1, -0.05) is 6.07 Å². The number of anilines is 1. The first kappa shape index (κ1) is 19.0. The number of benzene rings is 1. The molecule has 0 N–H and O–H groups in total. The standard InChI is InChI=1S/C20H25N3O4/c1-22(14-15-4-6-17(25-2)18(12-15)26-3)20(24)16-5-7-19(21-13-16)23-8-10-27-11-9-23/h4-7,12-13H,8-11,14H2,1-3H3. The van der Waals surface area contributed by atoms with Crippen LogP contribution in [0.1, 0.15) is 15.9 Å². The molecule has 1 aromatic heterocycles. The van der Waals surface area contributed by atoms with E-state index < -0.39 is 0 Å². The summed E-state index contributed by atoms with van der Waals surface area (Å²) in [6.07, 6.45) is 1.64. The topological polar surface area (TPSA) is 64.1 Å². The summed E-state index contributed by atoms with van der Waals surface area (Å²) >= 11 is 0. The van der Waals surface area contributed by atoms with Gasteiger partial charge in [0.15, 0.2) is 11.5 Å². The van der Waals surface area contributed by atoms with Gasteiger partial charge >= 0.3 is 0 Å². The Morgan fingerprint density at radius 2 is 1.89 bits per heavy atom. The molecule has 1 saturated heterocycles. The normalized spacial score (nSPS) is 14.0. The molecule has 0 bridgehead atoms. The predicted octanol–water partition coefficient (Wildman–Crippen LogP) is 2.21. The molecule has 0 aliphatic carbocycles. The summed E-state index contributed by atoms with van der Waals surface area (Å²) in [7, 11) is 4.97. The van der Waals surface area contributed by atoms with Gasteiger partial charge < -0.3 is 24.0 Å². The second-order valence-corrected chi connectivity index (χ2v) is 6.36. The molecule has 7 nitrogen and oxygen atoms in total. The summed E-state index contributed by atoms with van der Waals surface area (Å²) in [6.45, 7) is 3.51. The van der Waals surface area contributed by atoms with Crippen LogP contribution >= 0.6 is 0 Å². The molecule has 0 spiro atoms. The van der Waals surface area contributed by atoms with E-state index in [0.717, 1.165) is 24.5 Å². The lowest BCUT2D eigenvalue weighted by atomic mass is 10.1. The first-order valence-electron chi connectivity index (χ1n) is 8.87. The maximum absolute atomic E-state index is 12.7. The monoisotopic (exact) mass is 371 g/mol. The molecule has 0 atom stereocenters. The van der Waals surface area contributed by atoms with Crippen molar-refractivity contribution < 1.29 is 19.0 Å². The smallest absolute Gasteiger partial charge is 0.255 e. The average Bonchev–Trinajstić information content (AvgIpc) is 2.73. The number of hydrogen-bond acceptors (Lipinski definition) is 6. The molecule has 7 heteroatoms. The van der Waals surface area contributed by atoms with E-state index in [4.69, 9.17) is 14.2 Å². The predicted molar refractivity (Wildman–Crippen MR) is 103 cm³/mol. The number of carbonyl (C=O) groups excluding carboxylic acids is 1.